The molecule has 0 radical (unpaired) electrons. The van der Waals surface area contributed by atoms with Crippen LogP contribution in [0.2, 0.25) is 0 Å². The maximum Gasteiger partial charge on any atom is 0.269 e. The molecule has 31 heavy (non-hydrogen) atoms. The van der Waals surface area contributed by atoms with E-state index >= 15 is 0 Å². The van der Waals surface area contributed by atoms with E-state index in [1.165, 1.54) is 0 Å². The number of rotatable bonds is 8. The second kappa shape index (κ2) is 10.5. The molecule has 7 heteroatoms. The van der Waals surface area contributed by atoms with Crippen LogP contribution in [-0.4, -0.2) is 17.6 Å². The lowest BCUT2D eigenvalue weighted by Crippen LogP contribution is -2.41. The van der Waals surface area contributed by atoms with Crippen LogP contribution in [0.25, 0.3) is 0 Å². The molecule has 0 aliphatic carbocycles. The summed E-state index contributed by atoms with van der Waals surface area (Å²) in [5.74, 6) is -0.148. The summed E-state index contributed by atoms with van der Waals surface area (Å²) in [7, 11) is 0. The van der Waals surface area contributed by atoms with Crippen LogP contribution in [0.1, 0.15) is 48.9 Å². The third-order valence-corrected chi connectivity index (χ3v) is 5.57. The molecule has 2 amide bonds. The molecule has 3 aromatic rings. The number of carbonyl (C=O) groups excluding carboxylic acids is 3. The number of hydrazine groups is 1. The minimum atomic E-state index is -0.431. The summed E-state index contributed by atoms with van der Waals surface area (Å²) in [4.78, 5) is 38.5. The largest absolute Gasteiger partial charge is 0.489 e. The Labute approximate surface area is 185 Å². The van der Waals surface area contributed by atoms with Gasteiger partial charge in [-0.15, -0.1) is 11.3 Å². The molecule has 160 valence electrons. The number of thiophene rings is 1. The number of Topliss-reactive ketones (excluding diaryl/α,β-unsaturated/α-hetero) is 1. The summed E-state index contributed by atoms with van der Waals surface area (Å²) >= 11 is 1.56. The fraction of sp³-hybridized carbons (Fsp3) is 0.208. The highest BCUT2D eigenvalue weighted by Gasteiger charge is 2.14. The Morgan fingerprint density at radius 2 is 1.61 bits per heavy atom. The van der Waals surface area contributed by atoms with Crippen molar-refractivity contribution in [2.24, 2.45) is 0 Å². The zero-order valence-electron chi connectivity index (χ0n) is 17.4. The van der Waals surface area contributed by atoms with Crippen LogP contribution in [-0.2, 0) is 11.4 Å². The number of carbonyl (C=O) groups is 3. The van der Waals surface area contributed by atoms with Crippen molar-refractivity contribution in [2.75, 3.05) is 0 Å². The Bertz CT molecular complexity index is 1060. The highest BCUT2D eigenvalue weighted by Crippen LogP contribution is 2.22. The van der Waals surface area contributed by atoms with E-state index in [1.807, 2.05) is 50.2 Å². The van der Waals surface area contributed by atoms with E-state index in [9.17, 15) is 14.4 Å². The van der Waals surface area contributed by atoms with Gasteiger partial charge in [-0.25, -0.2) is 0 Å². The number of amides is 2. The maximum absolute atomic E-state index is 12.2. The normalized spacial score (nSPS) is 10.4. The van der Waals surface area contributed by atoms with Crippen molar-refractivity contribution in [1.29, 1.82) is 0 Å². The van der Waals surface area contributed by atoms with Crippen molar-refractivity contribution < 1.29 is 19.1 Å². The molecule has 0 aliphatic heterocycles. The van der Waals surface area contributed by atoms with Crippen LogP contribution < -0.4 is 15.6 Å². The van der Waals surface area contributed by atoms with E-state index in [1.54, 1.807) is 35.6 Å². The highest BCUT2D eigenvalue weighted by atomic mass is 32.1. The van der Waals surface area contributed by atoms with E-state index in [0.29, 0.717) is 17.7 Å². The molecular weight excluding hydrogens is 412 g/mol. The topological polar surface area (TPSA) is 84.5 Å². The fourth-order valence-electron chi connectivity index (χ4n) is 2.97. The van der Waals surface area contributed by atoms with E-state index in [2.05, 4.69) is 10.9 Å². The molecule has 0 atom stereocenters. The second-order valence-corrected chi connectivity index (χ2v) is 8.51. The van der Waals surface area contributed by atoms with Crippen molar-refractivity contribution in [3.05, 3.63) is 87.1 Å². The smallest absolute Gasteiger partial charge is 0.269 e. The molecular formula is C24H24N2O4S. The van der Waals surface area contributed by atoms with Crippen molar-refractivity contribution in [3.8, 4) is 5.75 Å². The monoisotopic (exact) mass is 436 g/mol. The van der Waals surface area contributed by atoms with Crippen LogP contribution in [0, 0.1) is 13.8 Å². The van der Waals surface area contributed by atoms with Crippen LogP contribution in [0.4, 0.5) is 0 Å². The van der Waals surface area contributed by atoms with Crippen LogP contribution in [0.15, 0.2) is 60.7 Å². The van der Waals surface area contributed by atoms with E-state index in [4.69, 9.17) is 4.74 Å². The Kier molecular flexibility index (Phi) is 7.56. The molecule has 0 aliphatic rings. The number of para-hydroxylation sites is 1. The Hall–Kier alpha value is -3.45. The Balaban J connectivity index is 1.42. The van der Waals surface area contributed by atoms with Crippen LogP contribution >= 0.6 is 11.3 Å². The lowest BCUT2D eigenvalue weighted by molar-refractivity contribution is -0.121. The van der Waals surface area contributed by atoms with Gasteiger partial charge in [-0.1, -0.05) is 30.3 Å². The van der Waals surface area contributed by atoms with Crippen molar-refractivity contribution in [2.45, 2.75) is 33.3 Å². The molecule has 0 saturated carbocycles. The number of benzene rings is 2. The summed E-state index contributed by atoms with van der Waals surface area (Å²) in [5, 5.41) is 0. The fourth-order valence-corrected chi connectivity index (χ4v) is 3.91. The third kappa shape index (κ3) is 6.52. The number of hydrogen-bond donors (Lipinski definition) is 2. The van der Waals surface area contributed by atoms with Gasteiger partial charge in [0, 0.05) is 33.7 Å². The molecule has 2 N–H and O–H groups in total. The zero-order valence-corrected chi connectivity index (χ0v) is 18.3. The quantitative estimate of drug-likeness (QED) is 0.406. The van der Waals surface area contributed by atoms with Gasteiger partial charge in [0.05, 0.1) is 0 Å². The predicted octanol–water partition coefficient (Wildman–Crippen LogP) is 4.37. The Morgan fingerprint density at radius 1 is 0.903 bits per heavy atom. The lowest BCUT2D eigenvalue weighted by atomic mass is 10.1. The first kappa shape index (κ1) is 22.2. The molecule has 2 aromatic carbocycles. The summed E-state index contributed by atoms with van der Waals surface area (Å²) in [6.07, 6.45) is 0.0953. The molecule has 3 rings (SSSR count). The minimum Gasteiger partial charge on any atom is -0.489 e. The zero-order chi connectivity index (χ0) is 22.2. The summed E-state index contributed by atoms with van der Waals surface area (Å²) in [6.45, 7) is 4.23. The first-order valence-corrected chi connectivity index (χ1v) is 10.7. The predicted molar refractivity (Wildman–Crippen MR) is 120 cm³/mol. The summed E-state index contributed by atoms with van der Waals surface area (Å²) in [6, 6.07) is 18.2. The number of ketones is 1. The molecule has 0 bridgehead atoms. The number of hydrogen-bond acceptors (Lipinski definition) is 5. The van der Waals surface area contributed by atoms with Crippen LogP contribution in [0.5, 0.6) is 5.75 Å². The summed E-state index contributed by atoms with van der Waals surface area (Å²) in [5.41, 5.74) is 6.72. The van der Waals surface area contributed by atoms with E-state index in [-0.39, 0.29) is 18.6 Å². The molecule has 6 nitrogen and oxygen atoms in total. The first-order chi connectivity index (χ1) is 14.9. The molecule has 0 spiro atoms. The van der Waals surface area contributed by atoms with Gasteiger partial charge >= 0.3 is 0 Å². The standard InChI is InChI=1S/C24H24N2O4S/c1-16-14-21(17(2)31-16)22(27)12-13-23(28)25-26-24(29)19-10-8-18(9-11-19)15-30-20-6-4-3-5-7-20/h3-11,14H,12-13,15H2,1-2H3,(H,25,28)(H,26,29). The van der Waals surface area contributed by atoms with Gasteiger partial charge in [-0.2, -0.15) is 0 Å². The van der Waals surface area contributed by atoms with Gasteiger partial charge in [0.2, 0.25) is 5.91 Å². The van der Waals surface area contributed by atoms with E-state index < -0.39 is 11.8 Å². The number of ether oxygens (including phenoxy) is 1. The molecule has 0 fully saturated rings. The van der Waals surface area contributed by atoms with Gasteiger partial charge in [-0.3, -0.25) is 25.2 Å². The SMILES string of the molecule is Cc1cc(C(=O)CCC(=O)NNC(=O)c2ccc(COc3ccccc3)cc2)c(C)s1. The second-order valence-electron chi connectivity index (χ2n) is 7.05. The number of aryl methyl sites for hydroxylation is 2. The average Bonchev–Trinajstić information content (AvgIpc) is 3.13. The third-order valence-electron chi connectivity index (χ3n) is 4.60. The molecule has 0 saturated heterocycles. The number of nitrogens with one attached hydrogen (secondary N) is 2. The van der Waals surface area contributed by atoms with Gasteiger partial charge in [-0.05, 0) is 49.7 Å². The van der Waals surface area contributed by atoms with E-state index in [0.717, 1.165) is 21.1 Å². The van der Waals surface area contributed by atoms with Gasteiger partial charge in [0.1, 0.15) is 12.4 Å². The van der Waals surface area contributed by atoms with Crippen molar-refractivity contribution in [3.63, 3.8) is 0 Å². The molecule has 1 aromatic heterocycles. The lowest BCUT2D eigenvalue weighted by Gasteiger charge is -2.09. The maximum atomic E-state index is 12.2. The molecule has 1 heterocycles. The molecule has 0 unspecified atom stereocenters. The highest BCUT2D eigenvalue weighted by molar-refractivity contribution is 7.12. The Morgan fingerprint density at radius 3 is 2.26 bits per heavy atom. The van der Waals surface area contributed by atoms with Crippen molar-refractivity contribution >= 4 is 28.9 Å². The van der Waals surface area contributed by atoms with Crippen LogP contribution in [0.3, 0.4) is 0 Å². The van der Waals surface area contributed by atoms with Crippen molar-refractivity contribution in [1.82, 2.24) is 10.9 Å². The first-order valence-electron chi connectivity index (χ1n) is 9.88. The van der Waals surface area contributed by atoms with Gasteiger partial charge < -0.3 is 4.74 Å². The average molecular weight is 437 g/mol. The van der Waals surface area contributed by atoms with Gasteiger partial charge in [0.25, 0.3) is 5.91 Å². The minimum absolute atomic E-state index is 0.00318. The summed E-state index contributed by atoms with van der Waals surface area (Å²) < 4.78 is 5.67. The van der Waals surface area contributed by atoms with Gasteiger partial charge in [0.15, 0.2) is 5.78 Å².